The first-order chi connectivity index (χ1) is 14.8. The fraction of sp³-hybridized carbons (Fsp3) is 0.273. The van der Waals surface area contributed by atoms with Crippen molar-refractivity contribution < 1.29 is 19.2 Å². The van der Waals surface area contributed by atoms with Crippen LogP contribution in [-0.2, 0) is 11.3 Å². The molecule has 1 aromatic carbocycles. The van der Waals surface area contributed by atoms with Crippen molar-refractivity contribution in [3.8, 4) is 11.4 Å². The van der Waals surface area contributed by atoms with Crippen LogP contribution in [0.3, 0.4) is 0 Å². The van der Waals surface area contributed by atoms with Crippen LogP contribution < -0.4 is 5.32 Å². The molecule has 9 nitrogen and oxygen atoms in total. The minimum absolute atomic E-state index is 0.222. The zero-order chi connectivity index (χ0) is 22.0. The number of anilines is 1. The Balaban J connectivity index is 1.51. The van der Waals surface area contributed by atoms with Crippen LogP contribution in [0.1, 0.15) is 35.3 Å². The van der Waals surface area contributed by atoms with Gasteiger partial charge in [0.05, 0.1) is 36.1 Å². The number of pyridine rings is 1. The SMILES string of the molecule is Cc1ccc(-c2ncon2)cc1NC(=O)c1cnn2cc(COCC(C)(C)O)ccc12. The van der Waals surface area contributed by atoms with Gasteiger partial charge in [-0.15, -0.1) is 0 Å². The highest BCUT2D eigenvalue weighted by Gasteiger charge is 2.16. The van der Waals surface area contributed by atoms with Crippen molar-refractivity contribution in [2.45, 2.75) is 33.0 Å². The molecule has 31 heavy (non-hydrogen) atoms. The summed E-state index contributed by atoms with van der Waals surface area (Å²) in [6, 6.07) is 9.26. The van der Waals surface area contributed by atoms with Crippen LogP contribution in [-0.4, -0.2) is 43.0 Å². The van der Waals surface area contributed by atoms with Gasteiger partial charge in [0.15, 0.2) is 0 Å². The standard InChI is InChI=1S/C22H23N5O4/c1-14-4-6-16(20-23-13-31-26-20)8-18(14)25-21(28)17-9-24-27-10-15(5-7-19(17)27)11-30-12-22(2,3)29/h4-10,13,29H,11-12H2,1-3H3,(H,25,28). The summed E-state index contributed by atoms with van der Waals surface area (Å²) < 4.78 is 12.0. The maximum atomic E-state index is 12.9. The zero-order valence-corrected chi connectivity index (χ0v) is 17.5. The van der Waals surface area contributed by atoms with Gasteiger partial charge >= 0.3 is 0 Å². The van der Waals surface area contributed by atoms with Crippen LogP contribution in [0.5, 0.6) is 0 Å². The van der Waals surface area contributed by atoms with Crippen LogP contribution in [0, 0.1) is 6.92 Å². The normalized spacial score (nSPS) is 11.7. The molecule has 2 N–H and O–H groups in total. The number of nitrogens with one attached hydrogen (secondary N) is 1. The van der Waals surface area contributed by atoms with Crippen molar-refractivity contribution in [2.75, 3.05) is 11.9 Å². The number of aliphatic hydroxyl groups is 1. The second-order valence-electron chi connectivity index (χ2n) is 7.97. The topological polar surface area (TPSA) is 115 Å². The van der Waals surface area contributed by atoms with E-state index in [9.17, 15) is 9.90 Å². The first-order valence-corrected chi connectivity index (χ1v) is 9.75. The molecule has 0 saturated heterocycles. The lowest BCUT2D eigenvalue weighted by atomic mass is 10.1. The molecule has 1 amide bonds. The van der Waals surface area contributed by atoms with Crippen molar-refractivity contribution >= 4 is 17.1 Å². The van der Waals surface area contributed by atoms with Gasteiger partial charge in [-0.2, -0.15) is 10.1 Å². The maximum absolute atomic E-state index is 12.9. The Morgan fingerprint density at radius 2 is 2.13 bits per heavy atom. The zero-order valence-electron chi connectivity index (χ0n) is 17.5. The number of hydrogen-bond acceptors (Lipinski definition) is 7. The highest BCUT2D eigenvalue weighted by Crippen LogP contribution is 2.24. The predicted octanol–water partition coefficient (Wildman–Crippen LogP) is 3.23. The van der Waals surface area contributed by atoms with E-state index in [1.807, 2.05) is 37.3 Å². The smallest absolute Gasteiger partial charge is 0.259 e. The summed E-state index contributed by atoms with van der Waals surface area (Å²) >= 11 is 0. The van der Waals surface area contributed by atoms with E-state index in [4.69, 9.17) is 9.26 Å². The Hall–Kier alpha value is -3.56. The highest BCUT2D eigenvalue weighted by molar-refractivity contribution is 6.09. The van der Waals surface area contributed by atoms with Crippen molar-refractivity contribution in [3.05, 3.63) is 65.8 Å². The van der Waals surface area contributed by atoms with Crippen LogP contribution >= 0.6 is 0 Å². The summed E-state index contributed by atoms with van der Waals surface area (Å²) in [6.45, 7) is 5.84. The fourth-order valence-corrected chi connectivity index (χ4v) is 3.09. The predicted molar refractivity (Wildman–Crippen MR) is 114 cm³/mol. The summed E-state index contributed by atoms with van der Waals surface area (Å²) in [5.74, 6) is 0.181. The number of hydrogen-bond donors (Lipinski definition) is 2. The Morgan fingerprint density at radius 3 is 2.87 bits per heavy atom. The van der Waals surface area contributed by atoms with Crippen LogP contribution in [0.2, 0.25) is 0 Å². The van der Waals surface area contributed by atoms with Gasteiger partial charge in [-0.25, -0.2) is 4.52 Å². The van der Waals surface area contributed by atoms with E-state index in [1.54, 1.807) is 24.6 Å². The first-order valence-electron chi connectivity index (χ1n) is 9.75. The Bertz CT molecular complexity index is 1210. The third kappa shape index (κ3) is 4.79. The van der Waals surface area contributed by atoms with Gasteiger partial charge in [0, 0.05) is 17.4 Å². The molecule has 3 aromatic heterocycles. The molecule has 3 heterocycles. The molecule has 0 aliphatic carbocycles. The van der Waals surface area contributed by atoms with E-state index in [0.717, 1.165) is 16.7 Å². The molecule has 9 heteroatoms. The number of amides is 1. The summed E-state index contributed by atoms with van der Waals surface area (Å²) in [7, 11) is 0. The Morgan fingerprint density at radius 1 is 1.29 bits per heavy atom. The van der Waals surface area contributed by atoms with E-state index in [-0.39, 0.29) is 12.5 Å². The van der Waals surface area contributed by atoms with E-state index in [1.165, 1.54) is 12.6 Å². The molecular weight excluding hydrogens is 398 g/mol. The van der Waals surface area contributed by atoms with Gasteiger partial charge in [-0.1, -0.05) is 23.4 Å². The minimum atomic E-state index is -0.889. The Kier molecular flexibility index (Phi) is 5.53. The largest absolute Gasteiger partial charge is 0.388 e. The average molecular weight is 421 g/mol. The molecule has 4 rings (SSSR count). The lowest BCUT2D eigenvalue weighted by Crippen LogP contribution is -2.25. The lowest BCUT2D eigenvalue weighted by molar-refractivity contribution is -0.0269. The number of aromatic nitrogens is 4. The van der Waals surface area contributed by atoms with Crippen molar-refractivity contribution in [3.63, 3.8) is 0 Å². The number of carbonyl (C=O) groups excluding carboxylic acids is 1. The molecule has 0 saturated carbocycles. The summed E-state index contributed by atoms with van der Waals surface area (Å²) in [4.78, 5) is 17.0. The average Bonchev–Trinajstić information content (AvgIpc) is 3.38. The molecule has 0 radical (unpaired) electrons. The molecule has 0 aliphatic heterocycles. The van der Waals surface area contributed by atoms with E-state index >= 15 is 0 Å². The molecule has 0 atom stereocenters. The highest BCUT2D eigenvalue weighted by atomic mass is 16.5. The van der Waals surface area contributed by atoms with E-state index in [2.05, 4.69) is 20.6 Å². The lowest BCUT2D eigenvalue weighted by Gasteiger charge is -2.16. The summed E-state index contributed by atoms with van der Waals surface area (Å²) in [5.41, 5.74) is 3.43. The van der Waals surface area contributed by atoms with Crippen LogP contribution in [0.4, 0.5) is 5.69 Å². The molecule has 0 bridgehead atoms. The number of fused-ring (bicyclic) bond motifs is 1. The molecular formula is C22H23N5O4. The number of rotatable bonds is 7. The Labute approximate surface area is 178 Å². The number of benzene rings is 1. The second-order valence-corrected chi connectivity index (χ2v) is 7.97. The summed E-state index contributed by atoms with van der Waals surface area (Å²) in [5, 5.41) is 20.8. The third-order valence-electron chi connectivity index (χ3n) is 4.65. The van der Waals surface area contributed by atoms with E-state index < -0.39 is 5.60 Å². The number of aryl methyl sites for hydroxylation is 1. The van der Waals surface area contributed by atoms with Crippen molar-refractivity contribution in [1.82, 2.24) is 19.8 Å². The second kappa shape index (κ2) is 8.29. The van der Waals surface area contributed by atoms with Crippen molar-refractivity contribution in [1.29, 1.82) is 0 Å². The third-order valence-corrected chi connectivity index (χ3v) is 4.65. The minimum Gasteiger partial charge on any atom is -0.388 e. The fourth-order valence-electron chi connectivity index (χ4n) is 3.09. The number of ether oxygens (including phenoxy) is 1. The monoisotopic (exact) mass is 421 g/mol. The van der Waals surface area contributed by atoms with E-state index in [0.29, 0.717) is 29.2 Å². The summed E-state index contributed by atoms with van der Waals surface area (Å²) in [6.07, 6.45) is 4.60. The maximum Gasteiger partial charge on any atom is 0.259 e. The molecule has 4 aromatic rings. The van der Waals surface area contributed by atoms with Gasteiger partial charge in [-0.3, -0.25) is 4.79 Å². The molecule has 0 spiro atoms. The van der Waals surface area contributed by atoms with Gasteiger partial charge < -0.3 is 19.7 Å². The molecule has 160 valence electrons. The molecule has 0 unspecified atom stereocenters. The van der Waals surface area contributed by atoms with Crippen molar-refractivity contribution in [2.24, 2.45) is 0 Å². The van der Waals surface area contributed by atoms with Gasteiger partial charge in [-0.05, 0) is 44.0 Å². The number of nitrogens with zero attached hydrogens (tertiary/aromatic N) is 4. The first kappa shape index (κ1) is 20.7. The van der Waals surface area contributed by atoms with Gasteiger partial charge in [0.25, 0.3) is 5.91 Å². The number of carbonyl (C=O) groups is 1. The van der Waals surface area contributed by atoms with Gasteiger partial charge in [0.2, 0.25) is 12.2 Å². The quantitative estimate of drug-likeness (QED) is 0.471. The molecule has 0 fully saturated rings. The van der Waals surface area contributed by atoms with Crippen LogP contribution in [0.15, 0.2) is 53.6 Å². The van der Waals surface area contributed by atoms with Gasteiger partial charge in [0.1, 0.15) is 0 Å². The van der Waals surface area contributed by atoms with Crippen LogP contribution in [0.25, 0.3) is 16.9 Å². The molecule has 0 aliphatic rings.